The number of thioether (sulfide) groups is 1. The van der Waals surface area contributed by atoms with E-state index in [0.29, 0.717) is 12.1 Å². The quantitative estimate of drug-likeness (QED) is 0.469. The molecule has 0 saturated heterocycles. The van der Waals surface area contributed by atoms with Gasteiger partial charge in [-0.25, -0.2) is 4.79 Å². The van der Waals surface area contributed by atoms with Crippen LogP contribution < -0.4 is 5.32 Å². The molecule has 0 aromatic heterocycles. The van der Waals surface area contributed by atoms with Crippen molar-refractivity contribution in [1.29, 1.82) is 0 Å². The molecule has 92 valence electrons. The number of amides is 1. The first kappa shape index (κ1) is 15.0. The topological polar surface area (TPSA) is 55.4 Å². The number of hydrogen-bond acceptors (Lipinski definition) is 4. The van der Waals surface area contributed by atoms with Gasteiger partial charge in [0.15, 0.2) is 0 Å². The highest BCUT2D eigenvalue weighted by atomic mass is 32.2. The molecule has 0 aromatic carbocycles. The first-order valence-electron chi connectivity index (χ1n) is 5.02. The van der Waals surface area contributed by atoms with Crippen molar-refractivity contribution in [3.63, 3.8) is 0 Å². The molecule has 0 aromatic rings. The molecular weight excluding hydrogens is 226 g/mol. The van der Waals surface area contributed by atoms with Gasteiger partial charge in [-0.15, -0.1) is 0 Å². The summed E-state index contributed by atoms with van der Waals surface area (Å²) in [6.45, 7) is 11.4. The third-order valence-corrected chi connectivity index (χ3v) is 2.29. The van der Waals surface area contributed by atoms with Gasteiger partial charge >= 0.3 is 5.97 Å². The summed E-state index contributed by atoms with van der Waals surface area (Å²) in [6.07, 6.45) is 0. The van der Waals surface area contributed by atoms with E-state index in [1.165, 1.54) is 11.8 Å². The van der Waals surface area contributed by atoms with E-state index in [0.717, 1.165) is 0 Å². The van der Waals surface area contributed by atoms with Crippen LogP contribution in [0.25, 0.3) is 0 Å². The van der Waals surface area contributed by atoms with Crippen molar-refractivity contribution in [3.8, 4) is 0 Å². The summed E-state index contributed by atoms with van der Waals surface area (Å²) in [5.41, 5.74) is 0.357. The van der Waals surface area contributed by atoms with Crippen LogP contribution in [0.5, 0.6) is 0 Å². The van der Waals surface area contributed by atoms with Crippen molar-refractivity contribution in [2.45, 2.75) is 32.4 Å². The molecule has 0 atom stereocenters. The zero-order valence-corrected chi connectivity index (χ0v) is 11.1. The Morgan fingerprint density at radius 2 is 1.94 bits per heavy atom. The molecule has 0 saturated carbocycles. The lowest BCUT2D eigenvalue weighted by atomic mass is 10.3. The lowest BCUT2D eigenvalue weighted by Gasteiger charge is -2.16. The SMILES string of the molecule is C=C(C)C(=O)OCCNC(=O)SC(C)(C)C. The van der Waals surface area contributed by atoms with Crippen molar-refractivity contribution in [3.05, 3.63) is 12.2 Å². The molecule has 4 nitrogen and oxygen atoms in total. The first-order chi connectivity index (χ1) is 7.22. The zero-order chi connectivity index (χ0) is 12.8. The molecule has 5 heteroatoms. The summed E-state index contributed by atoms with van der Waals surface area (Å²) in [5, 5.41) is 2.54. The minimum Gasteiger partial charge on any atom is -0.460 e. The molecule has 0 fully saturated rings. The van der Waals surface area contributed by atoms with E-state index in [1.54, 1.807) is 6.92 Å². The normalized spacial score (nSPS) is 10.8. The van der Waals surface area contributed by atoms with E-state index < -0.39 is 5.97 Å². The molecular formula is C11H19NO3S. The Hall–Kier alpha value is -0.970. The van der Waals surface area contributed by atoms with Crippen LogP contribution in [0.3, 0.4) is 0 Å². The Morgan fingerprint density at radius 1 is 1.38 bits per heavy atom. The van der Waals surface area contributed by atoms with E-state index in [4.69, 9.17) is 4.74 Å². The Kier molecular flexibility index (Phi) is 6.18. The fourth-order valence-electron chi connectivity index (χ4n) is 0.734. The third-order valence-electron chi connectivity index (χ3n) is 1.35. The molecule has 16 heavy (non-hydrogen) atoms. The second kappa shape index (κ2) is 6.58. The van der Waals surface area contributed by atoms with Crippen molar-refractivity contribution in [2.24, 2.45) is 0 Å². The monoisotopic (exact) mass is 245 g/mol. The number of hydrogen-bond donors (Lipinski definition) is 1. The number of esters is 1. The predicted molar refractivity (Wildman–Crippen MR) is 66.5 cm³/mol. The van der Waals surface area contributed by atoms with E-state index in [2.05, 4.69) is 11.9 Å². The molecule has 0 radical (unpaired) electrons. The molecule has 0 heterocycles. The molecule has 0 rings (SSSR count). The Balaban J connectivity index is 3.64. The molecule has 0 spiro atoms. The minimum atomic E-state index is -0.433. The number of carbonyl (C=O) groups excluding carboxylic acids is 2. The number of ether oxygens (including phenoxy) is 1. The Labute approximate surface area is 101 Å². The van der Waals surface area contributed by atoms with Gasteiger partial charge in [-0.05, 0) is 6.92 Å². The standard InChI is InChI=1S/C11H19NO3S/c1-8(2)9(13)15-7-6-12-10(14)16-11(3,4)5/h1,6-7H2,2-5H3,(H,12,14). The number of rotatable bonds is 4. The summed E-state index contributed by atoms with van der Waals surface area (Å²) >= 11 is 1.21. The molecule has 0 aliphatic heterocycles. The van der Waals surface area contributed by atoms with Gasteiger partial charge in [-0.2, -0.15) is 0 Å². The maximum absolute atomic E-state index is 11.3. The highest BCUT2D eigenvalue weighted by molar-refractivity contribution is 8.14. The fraction of sp³-hybridized carbons (Fsp3) is 0.636. The average Bonchev–Trinajstić information content (AvgIpc) is 2.08. The van der Waals surface area contributed by atoms with Crippen LogP contribution in [0, 0.1) is 0 Å². The van der Waals surface area contributed by atoms with Gasteiger partial charge in [-0.1, -0.05) is 39.1 Å². The van der Waals surface area contributed by atoms with Gasteiger partial charge in [0.25, 0.3) is 5.24 Å². The van der Waals surface area contributed by atoms with Gasteiger partial charge in [0.2, 0.25) is 0 Å². The van der Waals surface area contributed by atoms with Gasteiger partial charge in [-0.3, -0.25) is 4.79 Å². The van der Waals surface area contributed by atoms with Crippen LogP contribution >= 0.6 is 11.8 Å². The maximum Gasteiger partial charge on any atom is 0.333 e. The molecule has 1 N–H and O–H groups in total. The second-order valence-electron chi connectivity index (χ2n) is 4.34. The van der Waals surface area contributed by atoms with Crippen LogP contribution in [0.2, 0.25) is 0 Å². The number of carbonyl (C=O) groups is 2. The predicted octanol–water partition coefficient (Wildman–Crippen LogP) is 2.35. The van der Waals surface area contributed by atoms with Crippen molar-refractivity contribution in [2.75, 3.05) is 13.2 Å². The summed E-state index contributed by atoms with van der Waals surface area (Å²) in [4.78, 5) is 22.3. The minimum absolute atomic E-state index is 0.112. The summed E-state index contributed by atoms with van der Waals surface area (Å²) in [6, 6.07) is 0. The van der Waals surface area contributed by atoms with Gasteiger partial charge in [0.05, 0.1) is 6.54 Å². The van der Waals surface area contributed by atoms with Crippen molar-refractivity contribution < 1.29 is 14.3 Å². The van der Waals surface area contributed by atoms with E-state index >= 15 is 0 Å². The van der Waals surface area contributed by atoms with Crippen LogP contribution in [-0.2, 0) is 9.53 Å². The van der Waals surface area contributed by atoms with E-state index in [1.807, 2.05) is 20.8 Å². The smallest absolute Gasteiger partial charge is 0.333 e. The van der Waals surface area contributed by atoms with Crippen molar-refractivity contribution in [1.82, 2.24) is 5.32 Å². The second-order valence-corrected chi connectivity index (χ2v) is 6.14. The highest BCUT2D eigenvalue weighted by Crippen LogP contribution is 2.23. The lowest BCUT2D eigenvalue weighted by Crippen LogP contribution is -2.27. The summed E-state index contributed by atoms with van der Waals surface area (Å²) in [7, 11) is 0. The maximum atomic E-state index is 11.3. The first-order valence-corrected chi connectivity index (χ1v) is 5.83. The summed E-state index contributed by atoms with van der Waals surface area (Å²) in [5.74, 6) is -0.433. The average molecular weight is 245 g/mol. The largest absolute Gasteiger partial charge is 0.460 e. The molecule has 0 unspecified atom stereocenters. The zero-order valence-electron chi connectivity index (χ0n) is 10.3. The summed E-state index contributed by atoms with van der Waals surface area (Å²) < 4.78 is 4.71. The highest BCUT2D eigenvalue weighted by Gasteiger charge is 2.16. The van der Waals surface area contributed by atoms with Crippen molar-refractivity contribution >= 4 is 23.0 Å². The fourth-order valence-corrected chi connectivity index (χ4v) is 1.46. The Bertz CT molecular complexity index is 281. The third kappa shape index (κ3) is 8.35. The van der Waals surface area contributed by atoms with E-state index in [-0.39, 0.29) is 16.6 Å². The van der Waals surface area contributed by atoms with Crippen LogP contribution in [0.1, 0.15) is 27.7 Å². The van der Waals surface area contributed by atoms with Crippen LogP contribution in [0.15, 0.2) is 12.2 Å². The van der Waals surface area contributed by atoms with E-state index in [9.17, 15) is 9.59 Å². The Morgan fingerprint density at radius 3 is 2.38 bits per heavy atom. The molecule has 1 amide bonds. The molecule has 0 bridgehead atoms. The molecule has 0 aliphatic rings. The van der Waals surface area contributed by atoms with Gasteiger partial charge < -0.3 is 10.1 Å². The van der Waals surface area contributed by atoms with Crippen LogP contribution in [-0.4, -0.2) is 29.1 Å². The van der Waals surface area contributed by atoms with Gasteiger partial charge in [0, 0.05) is 10.3 Å². The number of nitrogens with one attached hydrogen (secondary N) is 1. The van der Waals surface area contributed by atoms with Crippen LogP contribution in [0.4, 0.5) is 4.79 Å². The molecule has 0 aliphatic carbocycles. The van der Waals surface area contributed by atoms with Gasteiger partial charge in [0.1, 0.15) is 6.61 Å². The lowest BCUT2D eigenvalue weighted by molar-refractivity contribution is -0.138.